The first-order valence-electron chi connectivity index (χ1n) is 10.2. The lowest BCUT2D eigenvalue weighted by Gasteiger charge is -2.37. The number of piperazine rings is 1. The highest BCUT2D eigenvalue weighted by Gasteiger charge is 2.26. The van der Waals surface area contributed by atoms with Gasteiger partial charge in [0.15, 0.2) is 5.75 Å². The summed E-state index contributed by atoms with van der Waals surface area (Å²) < 4.78 is 6.16. The molecule has 150 valence electrons. The Morgan fingerprint density at radius 1 is 0.897 bits per heavy atom. The molecule has 2 amide bonds. The maximum absolute atomic E-state index is 11.7. The summed E-state index contributed by atoms with van der Waals surface area (Å²) in [7, 11) is 0. The third-order valence-electron chi connectivity index (χ3n) is 5.74. The topological polar surface area (TPSA) is 60.4 Å². The molecule has 29 heavy (non-hydrogen) atoms. The van der Waals surface area contributed by atoms with E-state index in [1.807, 2.05) is 47.4 Å². The molecule has 2 aromatic carbocycles. The van der Waals surface area contributed by atoms with Crippen LogP contribution in [0.5, 0.6) is 11.5 Å². The van der Waals surface area contributed by atoms with E-state index < -0.39 is 0 Å². The van der Waals surface area contributed by atoms with Crippen LogP contribution in [0.1, 0.15) is 5.56 Å². The summed E-state index contributed by atoms with van der Waals surface area (Å²) in [6, 6.07) is 16.1. The average molecular weight is 391 g/mol. The minimum absolute atomic E-state index is 0.0618. The molecule has 0 radical (unpaired) electrons. The lowest BCUT2D eigenvalue weighted by Crippen LogP contribution is -2.50. The Morgan fingerprint density at radius 2 is 1.66 bits per heavy atom. The predicted octanol–water partition coefficient (Wildman–Crippen LogP) is 2.51. The predicted molar refractivity (Wildman–Crippen MR) is 112 cm³/mol. The molecule has 0 aromatic heterocycles. The highest BCUT2D eigenvalue weighted by molar-refractivity contribution is 6.03. The van der Waals surface area contributed by atoms with Crippen LogP contribution in [0.4, 0.5) is 10.5 Å². The van der Waals surface area contributed by atoms with Crippen LogP contribution in [0.3, 0.4) is 0 Å². The molecule has 3 heterocycles. The van der Waals surface area contributed by atoms with Gasteiger partial charge in [-0.05, 0) is 24.3 Å². The fourth-order valence-electron chi connectivity index (χ4n) is 4.08. The Bertz CT molecular complexity index is 936. The number of nitrogens with one attached hydrogen (secondary N) is 1. The fraction of sp³-hybridized carbons (Fsp3) is 0.364. The number of carbonyl (C=O) groups is 1. The monoisotopic (exact) mass is 391 g/mol. The number of nitrogens with zero attached hydrogens (tertiary/aromatic N) is 4. The first-order valence-corrected chi connectivity index (χ1v) is 10.2. The van der Waals surface area contributed by atoms with Gasteiger partial charge >= 0.3 is 6.03 Å². The van der Waals surface area contributed by atoms with Gasteiger partial charge in [-0.15, -0.1) is 0 Å². The number of para-hydroxylation sites is 3. The van der Waals surface area contributed by atoms with Crippen molar-refractivity contribution in [3.05, 3.63) is 54.1 Å². The van der Waals surface area contributed by atoms with E-state index in [1.54, 1.807) is 0 Å². The number of rotatable bonds is 3. The van der Waals surface area contributed by atoms with E-state index >= 15 is 0 Å². The molecule has 2 fully saturated rings. The maximum atomic E-state index is 11.7. The van der Waals surface area contributed by atoms with Crippen molar-refractivity contribution in [2.24, 2.45) is 4.99 Å². The average Bonchev–Trinajstić information content (AvgIpc) is 3.09. The molecule has 0 bridgehead atoms. The minimum atomic E-state index is 0.0618. The van der Waals surface area contributed by atoms with Gasteiger partial charge in [0.25, 0.3) is 0 Å². The maximum Gasteiger partial charge on any atom is 0.317 e. The number of hydrogen-bond donors (Lipinski definition) is 1. The smallest absolute Gasteiger partial charge is 0.317 e. The third kappa shape index (κ3) is 3.65. The Kier molecular flexibility index (Phi) is 4.81. The van der Waals surface area contributed by atoms with Crippen molar-refractivity contribution >= 4 is 17.6 Å². The summed E-state index contributed by atoms with van der Waals surface area (Å²) in [4.78, 5) is 23.4. The number of urea groups is 1. The van der Waals surface area contributed by atoms with Gasteiger partial charge in [0.1, 0.15) is 17.3 Å². The first-order chi connectivity index (χ1) is 14.3. The van der Waals surface area contributed by atoms with Crippen molar-refractivity contribution in [3.8, 4) is 11.5 Å². The number of benzene rings is 2. The molecule has 1 N–H and O–H groups in total. The van der Waals surface area contributed by atoms with Gasteiger partial charge in [0.2, 0.25) is 0 Å². The highest BCUT2D eigenvalue weighted by atomic mass is 16.5. The number of fused-ring (bicyclic) bond motifs is 2. The summed E-state index contributed by atoms with van der Waals surface area (Å²) in [5.74, 6) is 2.61. The van der Waals surface area contributed by atoms with Crippen molar-refractivity contribution in [2.45, 2.75) is 0 Å². The Balaban J connectivity index is 1.31. The van der Waals surface area contributed by atoms with Crippen LogP contribution in [0, 0.1) is 0 Å². The second kappa shape index (κ2) is 7.75. The zero-order valence-electron chi connectivity index (χ0n) is 16.4. The van der Waals surface area contributed by atoms with Gasteiger partial charge in [-0.1, -0.05) is 24.3 Å². The molecule has 3 aliphatic rings. The number of carbonyl (C=O) groups excluding carboxylic acids is 1. The zero-order chi connectivity index (χ0) is 19.6. The van der Waals surface area contributed by atoms with E-state index in [9.17, 15) is 4.79 Å². The van der Waals surface area contributed by atoms with Gasteiger partial charge in [-0.2, -0.15) is 0 Å². The SMILES string of the molecule is O=C1NCCN1CCN1CCN(C2=Nc3ccccc3Oc3ccccc32)CC1. The summed E-state index contributed by atoms with van der Waals surface area (Å²) in [5.41, 5.74) is 1.90. The molecule has 5 rings (SSSR count). The summed E-state index contributed by atoms with van der Waals surface area (Å²) >= 11 is 0. The van der Waals surface area contributed by atoms with Gasteiger partial charge in [-0.3, -0.25) is 4.90 Å². The van der Waals surface area contributed by atoms with Crippen molar-refractivity contribution in [1.82, 2.24) is 20.0 Å². The number of ether oxygens (including phenoxy) is 1. The van der Waals surface area contributed by atoms with E-state index in [-0.39, 0.29) is 6.03 Å². The molecule has 7 nitrogen and oxygen atoms in total. The molecule has 0 spiro atoms. The Hall–Kier alpha value is -3.06. The van der Waals surface area contributed by atoms with Gasteiger partial charge in [0.05, 0.1) is 5.56 Å². The van der Waals surface area contributed by atoms with Gasteiger partial charge in [0, 0.05) is 52.4 Å². The second-order valence-corrected chi connectivity index (χ2v) is 7.55. The molecular weight excluding hydrogens is 366 g/mol. The quantitative estimate of drug-likeness (QED) is 0.874. The van der Waals surface area contributed by atoms with E-state index in [1.165, 1.54) is 0 Å². The molecule has 2 aromatic rings. The molecule has 7 heteroatoms. The fourth-order valence-corrected chi connectivity index (χ4v) is 4.08. The number of amidine groups is 1. The number of amides is 2. The first kappa shape index (κ1) is 18.0. The largest absolute Gasteiger partial charge is 0.454 e. The summed E-state index contributed by atoms with van der Waals surface area (Å²) in [6.45, 7) is 7.00. The van der Waals surface area contributed by atoms with Crippen molar-refractivity contribution < 1.29 is 9.53 Å². The number of aliphatic imine (C=N–C) groups is 1. The molecule has 0 saturated carbocycles. The molecular formula is C22H25N5O2. The van der Waals surface area contributed by atoms with Crippen LogP contribution in [0.25, 0.3) is 0 Å². The molecule has 2 saturated heterocycles. The van der Waals surface area contributed by atoms with Crippen LogP contribution in [0.2, 0.25) is 0 Å². The van der Waals surface area contributed by atoms with Crippen molar-refractivity contribution in [2.75, 3.05) is 52.4 Å². The van der Waals surface area contributed by atoms with Crippen molar-refractivity contribution in [1.29, 1.82) is 0 Å². The van der Waals surface area contributed by atoms with Gasteiger partial charge < -0.3 is 19.9 Å². The molecule has 0 aliphatic carbocycles. The van der Waals surface area contributed by atoms with Crippen molar-refractivity contribution in [3.63, 3.8) is 0 Å². The minimum Gasteiger partial charge on any atom is -0.454 e. The van der Waals surface area contributed by atoms with Crippen LogP contribution in [-0.2, 0) is 0 Å². The third-order valence-corrected chi connectivity index (χ3v) is 5.74. The Labute approximate surface area is 170 Å². The van der Waals surface area contributed by atoms with Crippen LogP contribution >= 0.6 is 0 Å². The molecule has 0 atom stereocenters. The van der Waals surface area contributed by atoms with E-state index in [0.717, 1.165) is 80.9 Å². The highest BCUT2D eigenvalue weighted by Crippen LogP contribution is 2.37. The lowest BCUT2D eigenvalue weighted by atomic mass is 10.1. The lowest BCUT2D eigenvalue weighted by molar-refractivity contribution is 0.163. The molecule has 0 unspecified atom stereocenters. The van der Waals surface area contributed by atoms with Crippen LogP contribution in [0.15, 0.2) is 53.5 Å². The van der Waals surface area contributed by atoms with Crippen LogP contribution < -0.4 is 10.1 Å². The van der Waals surface area contributed by atoms with E-state index in [2.05, 4.69) is 21.2 Å². The molecule has 3 aliphatic heterocycles. The number of hydrogen-bond acceptors (Lipinski definition) is 5. The zero-order valence-corrected chi connectivity index (χ0v) is 16.4. The van der Waals surface area contributed by atoms with Crippen LogP contribution in [-0.4, -0.2) is 78.9 Å². The second-order valence-electron chi connectivity index (χ2n) is 7.55. The van der Waals surface area contributed by atoms with E-state index in [4.69, 9.17) is 9.73 Å². The Morgan fingerprint density at radius 3 is 2.45 bits per heavy atom. The standard InChI is InChI=1S/C22H25N5O2/c28-22-23-9-10-27(22)16-13-25-11-14-26(15-12-25)21-17-5-1-3-7-19(17)29-20-8-4-2-6-18(20)24-21/h1-8H,9-16H2,(H,23,28). The summed E-state index contributed by atoms with van der Waals surface area (Å²) in [5, 5.41) is 2.86. The summed E-state index contributed by atoms with van der Waals surface area (Å²) in [6.07, 6.45) is 0. The van der Waals surface area contributed by atoms with E-state index in [0.29, 0.717) is 0 Å². The van der Waals surface area contributed by atoms with Gasteiger partial charge in [-0.25, -0.2) is 9.79 Å². The normalized spacial score (nSPS) is 19.0.